The van der Waals surface area contributed by atoms with E-state index in [0.29, 0.717) is 5.56 Å². The van der Waals surface area contributed by atoms with Crippen LogP contribution in [0, 0.1) is 22.7 Å². The van der Waals surface area contributed by atoms with Crippen molar-refractivity contribution in [2.75, 3.05) is 0 Å². The van der Waals surface area contributed by atoms with Crippen LogP contribution in [0.2, 0.25) is 0 Å². The zero-order valence-corrected chi connectivity index (χ0v) is 8.25. The SMILES string of the molecule is N#C/C(N)=C(\C#N)N=Cc1ccc(O)cc1. The number of allylic oxidation sites excluding steroid dienone is 2. The summed E-state index contributed by atoms with van der Waals surface area (Å²) in [6.07, 6.45) is 1.39. The minimum atomic E-state index is -0.225. The summed E-state index contributed by atoms with van der Waals surface area (Å²) in [4.78, 5) is 3.78. The number of nitrogens with two attached hydrogens (primary N) is 1. The van der Waals surface area contributed by atoms with Gasteiger partial charge in [-0.25, -0.2) is 4.99 Å². The number of hydrogen-bond acceptors (Lipinski definition) is 5. The van der Waals surface area contributed by atoms with E-state index in [-0.39, 0.29) is 17.1 Å². The van der Waals surface area contributed by atoms with Crippen LogP contribution in [0.1, 0.15) is 5.56 Å². The van der Waals surface area contributed by atoms with Gasteiger partial charge < -0.3 is 10.8 Å². The van der Waals surface area contributed by atoms with Gasteiger partial charge in [0.25, 0.3) is 0 Å². The highest BCUT2D eigenvalue weighted by Gasteiger charge is 1.98. The van der Waals surface area contributed by atoms with E-state index in [4.69, 9.17) is 21.4 Å². The highest BCUT2D eigenvalue weighted by molar-refractivity contribution is 5.81. The Hall–Kier alpha value is -2.79. The van der Waals surface area contributed by atoms with Crippen LogP contribution in [0.15, 0.2) is 40.7 Å². The molecule has 0 heterocycles. The first kappa shape index (κ1) is 11.3. The molecule has 0 atom stereocenters. The maximum atomic E-state index is 9.04. The smallest absolute Gasteiger partial charge is 0.174 e. The number of phenols is 1. The molecule has 1 aromatic rings. The lowest BCUT2D eigenvalue weighted by Gasteiger charge is -1.93. The molecule has 0 radical (unpaired) electrons. The van der Waals surface area contributed by atoms with Gasteiger partial charge in [0.05, 0.1) is 0 Å². The molecule has 0 aliphatic rings. The van der Waals surface area contributed by atoms with Crippen molar-refractivity contribution in [1.29, 1.82) is 10.5 Å². The van der Waals surface area contributed by atoms with Crippen molar-refractivity contribution in [3.63, 3.8) is 0 Å². The third-order valence-electron chi connectivity index (χ3n) is 1.72. The Morgan fingerprint density at radius 3 is 2.38 bits per heavy atom. The maximum Gasteiger partial charge on any atom is 0.174 e. The van der Waals surface area contributed by atoms with Crippen molar-refractivity contribution in [1.82, 2.24) is 0 Å². The van der Waals surface area contributed by atoms with Gasteiger partial charge in [0.2, 0.25) is 0 Å². The van der Waals surface area contributed by atoms with Gasteiger partial charge in [0.1, 0.15) is 23.6 Å². The van der Waals surface area contributed by atoms with Crippen LogP contribution in [-0.4, -0.2) is 11.3 Å². The number of nitrogens with zero attached hydrogens (tertiary/aromatic N) is 3. The maximum absolute atomic E-state index is 9.04. The van der Waals surface area contributed by atoms with Gasteiger partial charge in [-0.2, -0.15) is 10.5 Å². The van der Waals surface area contributed by atoms with Gasteiger partial charge in [0, 0.05) is 6.21 Å². The molecule has 0 bridgehead atoms. The molecule has 3 N–H and O–H groups in total. The quantitative estimate of drug-likeness (QED) is 0.563. The van der Waals surface area contributed by atoms with Gasteiger partial charge in [-0.1, -0.05) is 0 Å². The number of rotatable bonds is 2. The van der Waals surface area contributed by atoms with Crippen LogP contribution >= 0.6 is 0 Å². The lowest BCUT2D eigenvalue weighted by molar-refractivity contribution is 0.475. The largest absolute Gasteiger partial charge is 0.508 e. The first-order chi connectivity index (χ1) is 7.67. The molecule has 16 heavy (non-hydrogen) atoms. The Kier molecular flexibility index (Phi) is 3.65. The molecule has 0 unspecified atom stereocenters. The highest BCUT2D eigenvalue weighted by atomic mass is 16.3. The van der Waals surface area contributed by atoms with E-state index in [0.717, 1.165) is 0 Å². The fourth-order valence-corrected chi connectivity index (χ4v) is 0.911. The molecule has 0 saturated carbocycles. The number of phenolic OH excluding ortho intramolecular Hbond substituents is 1. The first-order valence-electron chi connectivity index (χ1n) is 4.30. The summed E-state index contributed by atoms with van der Waals surface area (Å²) >= 11 is 0. The third-order valence-corrected chi connectivity index (χ3v) is 1.72. The van der Waals surface area contributed by atoms with Gasteiger partial charge in [0.15, 0.2) is 5.70 Å². The fourth-order valence-electron chi connectivity index (χ4n) is 0.911. The Bertz CT molecular complexity index is 514. The molecule has 5 nitrogen and oxygen atoms in total. The van der Waals surface area contributed by atoms with Crippen molar-refractivity contribution in [2.24, 2.45) is 10.7 Å². The average Bonchev–Trinajstić information content (AvgIpc) is 2.31. The summed E-state index contributed by atoms with van der Waals surface area (Å²) in [6.45, 7) is 0. The predicted octanol–water partition coefficient (Wildman–Crippen LogP) is 1.03. The number of aromatic hydroxyl groups is 1. The van der Waals surface area contributed by atoms with Crippen molar-refractivity contribution >= 4 is 6.21 Å². The standard InChI is InChI=1S/C11H8N4O/c12-5-10(14)11(6-13)15-7-8-1-3-9(16)4-2-8/h1-4,7,16H,14H2/b11-10-,15-7?. The molecule has 0 aliphatic heterocycles. The summed E-state index contributed by atoms with van der Waals surface area (Å²) < 4.78 is 0. The topological polar surface area (TPSA) is 106 Å². The van der Waals surface area contributed by atoms with Crippen molar-refractivity contribution in [3.05, 3.63) is 41.2 Å². The Labute approximate surface area is 92.4 Å². The van der Waals surface area contributed by atoms with Crippen LogP contribution in [-0.2, 0) is 0 Å². The molecule has 1 aromatic carbocycles. The van der Waals surface area contributed by atoms with E-state index in [1.165, 1.54) is 18.3 Å². The molecule has 0 spiro atoms. The van der Waals surface area contributed by atoms with E-state index in [1.54, 1.807) is 24.3 Å². The lowest BCUT2D eigenvalue weighted by Crippen LogP contribution is -1.97. The van der Waals surface area contributed by atoms with E-state index < -0.39 is 0 Å². The Balaban J connectivity index is 2.94. The normalized spacial score (nSPS) is 11.6. The van der Waals surface area contributed by atoms with Crippen molar-refractivity contribution < 1.29 is 5.11 Å². The van der Waals surface area contributed by atoms with Crippen molar-refractivity contribution in [2.45, 2.75) is 0 Å². The Morgan fingerprint density at radius 2 is 1.88 bits per heavy atom. The highest BCUT2D eigenvalue weighted by Crippen LogP contribution is 2.08. The van der Waals surface area contributed by atoms with E-state index >= 15 is 0 Å². The molecule has 1 rings (SSSR count). The molecule has 0 saturated heterocycles. The Morgan fingerprint density at radius 1 is 1.25 bits per heavy atom. The summed E-state index contributed by atoms with van der Waals surface area (Å²) in [5.41, 5.74) is 5.60. The lowest BCUT2D eigenvalue weighted by atomic mass is 10.2. The van der Waals surface area contributed by atoms with Gasteiger partial charge in [-0.05, 0) is 29.8 Å². The average molecular weight is 212 g/mol. The molecular weight excluding hydrogens is 204 g/mol. The number of nitriles is 2. The number of aliphatic imine (C=N–C) groups is 1. The monoisotopic (exact) mass is 212 g/mol. The molecule has 78 valence electrons. The summed E-state index contributed by atoms with van der Waals surface area (Å²) in [7, 11) is 0. The molecule has 5 heteroatoms. The van der Waals surface area contributed by atoms with Gasteiger partial charge in [-0.15, -0.1) is 0 Å². The van der Waals surface area contributed by atoms with Gasteiger partial charge in [-0.3, -0.25) is 0 Å². The van der Waals surface area contributed by atoms with Crippen LogP contribution in [0.3, 0.4) is 0 Å². The minimum Gasteiger partial charge on any atom is -0.508 e. The molecular formula is C11H8N4O. The second-order valence-electron chi connectivity index (χ2n) is 2.84. The van der Waals surface area contributed by atoms with E-state index in [1.807, 2.05) is 0 Å². The number of benzene rings is 1. The second-order valence-corrected chi connectivity index (χ2v) is 2.84. The van der Waals surface area contributed by atoms with Crippen molar-refractivity contribution in [3.8, 4) is 17.9 Å². The molecule has 0 aliphatic carbocycles. The van der Waals surface area contributed by atoms with Gasteiger partial charge >= 0.3 is 0 Å². The summed E-state index contributed by atoms with van der Waals surface area (Å²) in [6, 6.07) is 9.59. The molecule has 0 fully saturated rings. The third kappa shape index (κ3) is 2.86. The van der Waals surface area contributed by atoms with E-state index in [9.17, 15) is 0 Å². The zero-order chi connectivity index (χ0) is 12.0. The van der Waals surface area contributed by atoms with Crippen LogP contribution < -0.4 is 5.73 Å². The fraction of sp³-hybridized carbons (Fsp3) is 0. The van der Waals surface area contributed by atoms with Crippen LogP contribution in [0.5, 0.6) is 5.75 Å². The minimum absolute atomic E-state index is 0.129. The number of hydrogen-bond donors (Lipinski definition) is 2. The first-order valence-corrected chi connectivity index (χ1v) is 4.30. The van der Waals surface area contributed by atoms with E-state index in [2.05, 4.69) is 4.99 Å². The second kappa shape index (κ2) is 5.18. The van der Waals surface area contributed by atoms with Crippen LogP contribution in [0.4, 0.5) is 0 Å². The van der Waals surface area contributed by atoms with Crippen LogP contribution in [0.25, 0.3) is 0 Å². The predicted molar refractivity (Wildman–Crippen MR) is 58.1 cm³/mol. The zero-order valence-electron chi connectivity index (χ0n) is 8.25. The molecule has 0 amide bonds. The summed E-state index contributed by atoms with van der Waals surface area (Å²) in [5, 5.41) is 26.2. The molecule has 0 aromatic heterocycles. The summed E-state index contributed by atoms with van der Waals surface area (Å²) in [5.74, 6) is 0.143.